The van der Waals surface area contributed by atoms with Gasteiger partial charge in [0.25, 0.3) is 0 Å². The van der Waals surface area contributed by atoms with E-state index in [-0.39, 0.29) is 0 Å². The molecule has 0 amide bonds. The van der Waals surface area contributed by atoms with Crippen LogP contribution in [0.1, 0.15) is 23.4 Å². The van der Waals surface area contributed by atoms with E-state index >= 15 is 0 Å². The van der Waals surface area contributed by atoms with Crippen LogP contribution >= 0.6 is 0 Å². The van der Waals surface area contributed by atoms with Gasteiger partial charge in [-0.15, -0.1) is 0 Å². The number of aromatic nitrogens is 2. The molecule has 3 saturated heterocycles. The summed E-state index contributed by atoms with van der Waals surface area (Å²) in [6, 6.07) is 11.7. The Morgan fingerprint density at radius 1 is 1.17 bits per heavy atom. The molecule has 2 aromatic heterocycles. The number of fused-ring (bicyclic) bond motifs is 2. The van der Waals surface area contributed by atoms with Crippen molar-refractivity contribution >= 4 is 0 Å². The largest absolute Gasteiger partial charge is 0.481 e. The molecule has 3 aliphatic heterocycles. The van der Waals surface area contributed by atoms with Crippen molar-refractivity contribution in [2.24, 2.45) is 0 Å². The molecule has 0 spiro atoms. The Balaban J connectivity index is 1.36. The predicted molar refractivity (Wildman–Crippen MR) is 92.8 cm³/mol. The molecule has 2 unspecified atom stereocenters. The van der Waals surface area contributed by atoms with Crippen LogP contribution in [0, 0.1) is 6.92 Å². The number of methoxy groups -OCH3 is 1. The number of piperazine rings is 1. The van der Waals surface area contributed by atoms with Crippen LogP contribution in [-0.2, 0) is 13.1 Å². The van der Waals surface area contributed by atoms with Crippen molar-refractivity contribution in [2.75, 3.05) is 20.2 Å². The van der Waals surface area contributed by atoms with Gasteiger partial charge in [0.2, 0.25) is 5.88 Å². The molecule has 126 valence electrons. The maximum absolute atomic E-state index is 5.23. The van der Waals surface area contributed by atoms with Gasteiger partial charge in [0.05, 0.1) is 12.8 Å². The molecule has 2 bridgehead atoms. The van der Waals surface area contributed by atoms with Crippen molar-refractivity contribution in [1.29, 1.82) is 0 Å². The summed E-state index contributed by atoms with van der Waals surface area (Å²) in [4.78, 5) is 14.0. The molecule has 24 heavy (non-hydrogen) atoms. The third-order valence-electron chi connectivity index (χ3n) is 5.13. The average Bonchev–Trinajstić information content (AvgIpc) is 2.60. The second-order valence-electron chi connectivity index (χ2n) is 6.89. The second kappa shape index (κ2) is 6.49. The van der Waals surface area contributed by atoms with Crippen molar-refractivity contribution in [1.82, 2.24) is 19.8 Å². The summed E-state index contributed by atoms with van der Waals surface area (Å²) in [5.74, 6) is 0.699. The van der Waals surface area contributed by atoms with E-state index in [1.54, 1.807) is 7.11 Å². The van der Waals surface area contributed by atoms with Crippen LogP contribution in [0.2, 0.25) is 0 Å². The molecular weight excluding hydrogens is 300 g/mol. The summed E-state index contributed by atoms with van der Waals surface area (Å²) < 4.78 is 5.23. The Morgan fingerprint density at radius 3 is 2.75 bits per heavy atom. The summed E-state index contributed by atoms with van der Waals surface area (Å²) in [5, 5.41) is 0. The molecule has 5 heterocycles. The molecule has 5 nitrogen and oxygen atoms in total. The van der Waals surface area contributed by atoms with Gasteiger partial charge in [0.1, 0.15) is 0 Å². The molecule has 3 aliphatic rings. The van der Waals surface area contributed by atoms with Gasteiger partial charge in [0, 0.05) is 56.2 Å². The average molecular weight is 324 g/mol. The van der Waals surface area contributed by atoms with Crippen molar-refractivity contribution in [3.8, 4) is 5.88 Å². The highest BCUT2D eigenvalue weighted by Crippen LogP contribution is 2.34. The van der Waals surface area contributed by atoms with Crippen LogP contribution in [0.15, 0.2) is 36.5 Å². The minimum absolute atomic E-state index is 0.660. The van der Waals surface area contributed by atoms with Crippen LogP contribution in [0.3, 0.4) is 0 Å². The Hall–Kier alpha value is -1.98. The fraction of sp³-hybridized carbons (Fsp3) is 0.474. The van der Waals surface area contributed by atoms with Gasteiger partial charge in [-0.3, -0.25) is 14.8 Å². The Bertz CT molecular complexity index is 708. The van der Waals surface area contributed by atoms with E-state index in [4.69, 9.17) is 4.74 Å². The molecule has 5 heteroatoms. The molecular formula is C19H24N4O. The number of rotatable bonds is 5. The molecule has 0 saturated carbocycles. The number of ether oxygens (including phenoxy) is 1. The fourth-order valence-electron chi connectivity index (χ4n) is 3.95. The molecule has 0 aromatic carbocycles. The van der Waals surface area contributed by atoms with E-state index in [1.807, 2.05) is 12.3 Å². The van der Waals surface area contributed by atoms with Gasteiger partial charge in [-0.25, -0.2) is 4.98 Å². The number of aryl methyl sites for hydroxylation is 1. The molecule has 2 atom stereocenters. The molecule has 0 N–H and O–H groups in total. The van der Waals surface area contributed by atoms with E-state index in [0.29, 0.717) is 18.0 Å². The topological polar surface area (TPSA) is 41.5 Å². The Labute approximate surface area is 143 Å². The van der Waals surface area contributed by atoms with Gasteiger partial charge < -0.3 is 4.74 Å². The van der Waals surface area contributed by atoms with E-state index in [9.17, 15) is 0 Å². The van der Waals surface area contributed by atoms with E-state index < -0.39 is 0 Å². The van der Waals surface area contributed by atoms with Crippen molar-refractivity contribution in [2.45, 2.75) is 38.5 Å². The van der Waals surface area contributed by atoms with Gasteiger partial charge in [-0.2, -0.15) is 0 Å². The lowest BCUT2D eigenvalue weighted by Crippen LogP contribution is -2.67. The predicted octanol–water partition coefficient (Wildman–Crippen LogP) is 2.25. The van der Waals surface area contributed by atoms with Crippen molar-refractivity contribution in [3.05, 3.63) is 53.5 Å². The van der Waals surface area contributed by atoms with Crippen LogP contribution < -0.4 is 4.74 Å². The maximum Gasteiger partial charge on any atom is 0.213 e. The second-order valence-corrected chi connectivity index (χ2v) is 6.89. The molecule has 0 aliphatic carbocycles. The minimum atomic E-state index is 0.660. The molecule has 2 aromatic rings. The molecule has 0 radical (unpaired) electrons. The lowest BCUT2D eigenvalue weighted by molar-refractivity contribution is -0.0777. The first-order chi connectivity index (χ1) is 11.7. The fourth-order valence-corrected chi connectivity index (χ4v) is 3.95. The SMILES string of the molecule is COc1cc(CN2C3CC2CN(Cc2cccc(C)n2)C3)ccn1. The smallest absolute Gasteiger partial charge is 0.213 e. The van der Waals surface area contributed by atoms with Gasteiger partial charge in [0.15, 0.2) is 0 Å². The maximum atomic E-state index is 5.23. The van der Waals surface area contributed by atoms with Crippen LogP contribution in [0.25, 0.3) is 0 Å². The van der Waals surface area contributed by atoms with Crippen molar-refractivity contribution in [3.63, 3.8) is 0 Å². The third kappa shape index (κ3) is 3.14. The summed E-state index contributed by atoms with van der Waals surface area (Å²) in [7, 11) is 1.67. The van der Waals surface area contributed by atoms with Gasteiger partial charge in [-0.05, 0) is 37.1 Å². The summed E-state index contributed by atoms with van der Waals surface area (Å²) >= 11 is 0. The van der Waals surface area contributed by atoms with Gasteiger partial charge in [-0.1, -0.05) is 6.07 Å². The molecule has 5 rings (SSSR count). The van der Waals surface area contributed by atoms with E-state index in [2.05, 4.69) is 51.0 Å². The monoisotopic (exact) mass is 324 g/mol. The zero-order valence-electron chi connectivity index (χ0n) is 14.4. The third-order valence-corrected chi connectivity index (χ3v) is 5.13. The quantitative estimate of drug-likeness (QED) is 0.844. The number of hydrogen-bond donors (Lipinski definition) is 0. The van der Waals surface area contributed by atoms with Gasteiger partial charge >= 0.3 is 0 Å². The van der Waals surface area contributed by atoms with E-state index in [0.717, 1.165) is 31.9 Å². The minimum Gasteiger partial charge on any atom is -0.481 e. The highest BCUT2D eigenvalue weighted by atomic mass is 16.5. The lowest BCUT2D eigenvalue weighted by atomic mass is 9.86. The number of nitrogens with zero attached hydrogens (tertiary/aromatic N) is 4. The van der Waals surface area contributed by atoms with Crippen LogP contribution in [0.5, 0.6) is 5.88 Å². The standard InChI is InChI=1S/C19H24N4O/c1-14-4-3-5-16(21-14)11-22-12-17-9-18(13-22)23(17)10-15-6-7-20-19(8-15)24-2/h3-8,17-18H,9-13H2,1-2H3. The first-order valence-electron chi connectivity index (χ1n) is 8.61. The van der Waals surface area contributed by atoms with E-state index in [1.165, 1.54) is 17.7 Å². The Morgan fingerprint density at radius 2 is 2.00 bits per heavy atom. The zero-order chi connectivity index (χ0) is 16.5. The van der Waals surface area contributed by atoms with Crippen LogP contribution in [0.4, 0.5) is 0 Å². The van der Waals surface area contributed by atoms with Crippen molar-refractivity contribution < 1.29 is 4.74 Å². The lowest BCUT2D eigenvalue weighted by Gasteiger charge is -2.56. The number of hydrogen-bond acceptors (Lipinski definition) is 5. The summed E-state index contributed by atoms with van der Waals surface area (Å²) in [5.41, 5.74) is 3.56. The molecule has 3 fully saturated rings. The van der Waals surface area contributed by atoms with Crippen LogP contribution in [-0.4, -0.2) is 52.1 Å². The highest BCUT2D eigenvalue weighted by molar-refractivity contribution is 5.21. The Kier molecular flexibility index (Phi) is 4.21. The summed E-state index contributed by atoms with van der Waals surface area (Å²) in [6.07, 6.45) is 3.15. The first-order valence-corrected chi connectivity index (χ1v) is 8.61. The summed E-state index contributed by atoms with van der Waals surface area (Å²) in [6.45, 7) is 6.28. The first kappa shape index (κ1) is 15.5. The number of piperidine rings is 1. The normalized spacial score (nSPS) is 23.8. The highest BCUT2D eigenvalue weighted by Gasteiger charge is 2.44. The number of pyridine rings is 2. The zero-order valence-corrected chi connectivity index (χ0v) is 14.4.